The van der Waals surface area contributed by atoms with Crippen molar-refractivity contribution >= 4 is 32.6 Å². The molecule has 8 N–H and O–H groups in total. The van der Waals surface area contributed by atoms with Gasteiger partial charge in [-0.2, -0.15) is 0 Å². The van der Waals surface area contributed by atoms with Gasteiger partial charge in [0.2, 0.25) is 0 Å². The van der Waals surface area contributed by atoms with Crippen LogP contribution in [0.4, 0.5) is 5.82 Å². The van der Waals surface area contributed by atoms with Crippen molar-refractivity contribution < 1.29 is 72.4 Å². The number of hydrogen-bond acceptors (Lipinski definition) is 19. The van der Waals surface area contributed by atoms with Crippen LogP contribution in [0.2, 0.25) is 0 Å². The van der Waals surface area contributed by atoms with E-state index in [0.29, 0.717) is 0 Å². The number of aliphatic hydroxyl groups is 6. The number of nitrogens with zero attached hydrogens (tertiary/aromatic N) is 4. The van der Waals surface area contributed by atoms with E-state index in [1.54, 1.807) is 0 Å². The van der Waals surface area contributed by atoms with E-state index in [1.165, 1.54) is 10.9 Å². The standard InChI is InChI=1S/C16H25N5O15P2/c17-13-7-14(19-3-18-13)21(4-20-7)15-11(26)9(24)6(33-15)2-32-37(28,29)36-38(30,31)35-16-12(27)10(25)8(23)5(1-22)34-16/h3-6,8-12,15-16,22-27H,1-2H2,(H,28,29)(H,30,31)(H2,17,18,19)/p-2/t5-,6-,8-,9-,10+,11-,12+,15-,16-/m1/s1. The fourth-order valence-electron chi connectivity index (χ4n) is 3.76. The van der Waals surface area contributed by atoms with E-state index in [0.717, 1.165) is 6.33 Å². The number of nitrogen functional groups attached to an aromatic ring is 1. The quantitative estimate of drug-likeness (QED) is 0.135. The number of imidazole rings is 1. The molecular formula is C16H23N5O15P2-2. The minimum atomic E-state index is -5.88. The molecule has 2 saturated heterocycles. The van der Waals surface area contributed by atoms with Crippen LogP contribution in [0.15, 0.2) is 12.7 Å². The first-order chi connectivity index (χ1) is 17.7. The number of fused-ring (bicyclic) bond motifs is 1. The van der Waals surface area contributed by atoms with Gasteiger partial charge in [0.05, 0.1) is 19.5 Å². The normalized spacial score (nSPS) is 37.2. The van der Waals surface area contributed by atoms with Crippen LogP contribution in [0.5, 0.6) is 0 Å². The number of phosphoric ester groups is 2. The second-order valence-corrected chi connectivity index (χ2v) is 11.1. The number of nitrogens with two attached hydrogens (primary N) is 1. The Morgan fingerprint density at radius 3 is 2.32 bits per heavy atom. The molecule has 4 heterocycles. The summed E-state index contributed by atoms with van der Waals surface area (Å²) < 4.78 is 48.4. The zero-order chi connectivity index (χ0) is 28.0. The summed E-state index contributed by atoms with van der Waals surface area (Å²) in [5.74, 6) is 0.0269. The molecule has 4 rings (SSSR count). The van der Waals surface area contributed by atoms with Crippen LogP contribution in [0, 0.1) is 0 Å². The molecule has 0 bridgehead atoms. The van der Waals surface area contributed by atoms with Crippen molar-refractivity contribution in [3.05, 3.63) is 12.7 Å². The van der Waals surface area contributed by atoms with Crippen molar-refractivity contribution in [2.75, 3.05) is 18.9 Å². The summed E-state index contributed by atoms with van der Waals surface area (Å²) in [6.45, 7) is -1.94. The molecule has 0 amide bonds. The average molecular weight is 587 g/mol. The van der Waals surface area contributed by atoms with E-state index in [1.807, 2.05) is 0 Å². The lowest BCUT2D eigenvalue weighted by Gasteiger charge is -2.41. The number of rotatable bonds is 9. The molecule has 22 heteroatoms. The summed E-state index contributed by atoms with van der Waals surface area (Å²) in [4.78, 5) is 35.9. The molecule has 2 aromatic rings. The third-order valence-electron chi connectivity index (χ3n) is 5.68. The second-order valence-electron chi connectivity index (χ2n) is 8.20. The van der Waals surface area contributed by atoms with Crippen molar-refractivity contribution in [2.24, 2.45) is 0 Å². The highest BCUT2D eigenvalue weighted by atomic mass is 31.3. The third-order valence-corrected chi connectivity index (χ3v) is 8.21. The number of hydrogen-bond donors (Lipinski definition) is 7. The Hall–Kier alpha value is -1.71. The lowest BCUT2D eigenvalue weighted by molar-refractivity contribution is -0.305. The van der Waals surface area contributed by atoms with Crippen molar-refractivity contribution in [3.8, 4) is 0 Å². The van der Waals surface area contributed by atoms with Gasteiger partial charge < -0.3 is 60.2 Å². The second kappa shape index (κ2) is 11.0. The topological polar surface area (TPSA) is 317 Å². The first-order valence-corrected chi connectivity index (χ1v) is 13.6. The largest absolute Gasteiger partial charge is 0.756 e. The highest BCUT2D eigenvalue weighted by Gasteiger charge is 2.47. The molecule has 2 unspecified atom stereocenters. The first-order valence-electron chi connectivity index (χ1n) is 10.7. The molecule has 2 aliphatic heterocycles. The fourth-order valence-corrected chi connectivity index (χ4v) is 5.85. The minimum absolute atomic E-state index is 0.0269. The molecular weight excluding hydrogens is 564 g/mol. The van der Waals surface area contributed by atoms with Gasteiger partial charge in [-0.15, -0.1) is 0 Å². The van der Waals surface area contributed by atoms with Gasteiger partial charge in [0.1, 0.15) is 54.6 Å². The van der Waals surface area contributed by atoms with Gasteiger partial charge in [0.25, 0.3) is 15.6 Å². The Kier molecular flexibility index (Phi) is 8.51. The Morgan fingerprint density at radius 2 is 1.63 bits per heavy atom. The van der Waals surface area contributed by atoms with Gasteiger partial charge >= 0.3 is 0 Å². The van der Waals surface area contributed by atoms with Gasteiger partial charge in [-0.3, -0.25) is 18.2 Å². The lowest BCUT2D eigenvalue weighted by Crippen LogP contribution is -2.59. The molecule has 0 aromatic carbocycles. The fraction of sp³-hybridized carbons (Fsp3) is 0.688. The third kappa shape index (κ3) is 5.89. The van der Waals surface area contributed by atoms with Crippen LogP contribution in [0.1, 0.15) is 6.23 Å². The van der Waals surface area contributed by atoms with Crippen molar-refractivity contribution in [2.45, 2.75) is 55.2 Å². The maximum Gasteiger partial charge on any atom is 0.276 e. The van der Waals surface area contributed by atoms with Gasteiger partial charge in [-0.1, -0.05) is 0 Å². The van der Waals surface area contributed by atoms with Gasteiger partial charge in [0.15, 0.2) is 24.0 Å². The Balaban J connectivity index is 1.38. The van der Waals surface area contributed by atoms with Crippen LogP contribution in [0.25, 0.3) is 11.2 Å². The summed E-state index contributed by atoms with van der Waals surface area (Å²) in [5.41, 5.74) is 6.00. The predicted octanol–water partition coefficient (Wildman–Crippen LogP) is -5.19. The highest BCUT2D eigenvalue weighted by Crippen LogP contribution is 2.57. The van der Waals surface area contributed by atoms with Crippen LogP contribution < -0.4 is 15.5 Å². The average Bonchev–Trinajstić information content (AvgIpc) is 3.39. The summed E-state index contributed by atoms with van der Waals surface area (Å²) in [6, 6.07) is 0. The maximum absolute atomic E-state index is 12.1. The summed E-state index contributed by atoms with van der Waals surface area (Å²) in [5, 5.41) is 59.1. The van der Waals surface area contributed by atoms with Crippen LogP contribution in [-0.4, -0.2) is 112 Å². The van der Waals surface area contributed by atoms with Crippen LogP contribution in [0.3, 0.4) is 0 Å². The molecule has 0 aliphatic carbocycles. The molecule has 2 aliphatic rings. The molecule has 20 nitrogen and oxygen atoms in total. The van der Waals surface area contributed by atoms with Crippen LogP contribution >= 0.6 is 15.6 Å². The maximum atomic E-state index is 12.1. The van der Waals surface area contributed by atoms with E-state index in [9.17, 15) is 44.4 Å². The van der Waals surface area contributed by atoms with Crippen molar-refractivity contribution in [1.29, 1.82) is 0 Å². The summed E-state index contributed by atoms with van der Waals surface area (Å²) >= 11 is 0. The van der Waals surface area contributed by atoms with E-state index in [2.05, 4.69) is 28.3 Å². The number of phosphoric acid groups is 2. The first kappa shape index (κ1) is 29.3. The van der Waals surface area contributed by atoms with E-state index in [4.69, 9.17) is 20.3 Å². The Labute approximate surface area is 212 Å². The van der Waals surface area contributed by atoms with E-state index in [-0.39, 0.29) is 17.0 Å². The van der Waals surface area contributed by atoms with Crippen LogP contribution in [-0.2, 0) is 32.0 Å². The SMILES string of the molecule is Nc1ncnc2c1ncn2[C@@H]1O[C@H](COP(=O)([O-])OP(=O)([O-])O[C@H]2O[C@H](CO)[C@@H](O)[C@H](O)[C@@H]2O)[C@@H](O)[C@H]1O. The molecule has 2 aromatic heterocycles. The zero-order valence-electron chi connectivity index (χ0n) is 18.9. The number of aliphatic hydroxyl groups excluding tert-OH is 6. The molecule has 38 heavy (non-hydrogen) atoms. The van der Waals surface area contributed by atoms with Gasteiger partial charge in [-0.05, 0) is 0 Å². The predicted molar refractivity (Wildman–Crippen MR) is 113 cm³/mol. The summed E-state index contributed by atoms with van der Waals surface area (Å²) in [7, 11) is -11.6. The number of anilines is 1. The van der Waals surface area contributed by atoms with E-state index < -0.39 is 84.1 Å². The zero-order valence-corrected chi connectivity index (χ0v) is 20.7. The smallest absolute Gasteiger partial charge is 0.276 e. The van der Waals surface area contributed by atoms with E-state index >= 15 is 0 Å². The number of aromatic nitrogens is 4. The molecule has 11 atom stereocenters. The van der Waals surface area contributed by atoms with Crippen molar-refractivity contribution in [1.82, 2.24) is 19.5 Å². The Morgan fingerprint density at radius 1 is 0.947 bits per heavy atom. The van der Waals surface area contributed by atoms with Gasteiger partial charge in [-0.25, -0.2) is 19.3 Å². The Bertz CT molecular complexity index is 1230. The lowest BCUT2D eigenvalue weighted by atomic mass is 10.00. The molecule has 0 spiro atoms. The molecule has 0 saturated carbocycles. The molecule has 2 fully saturated rings. The monoisotopic (exact) mass is 587 g/mol. The molecule has 0 radical (unpaired) electrons. The number of ether oxygens (including phenoxy) is 2. The highest BCUT2D eigenvalue weighted by molar-refractivity contribution is 7.59. The van der Waals surface area contributed by atoms with Gasteiger partial charge in [0, 0.05) is 0 Å². The summed E-state index contributed by atoms with van der Waals surface area (Å²) in [6.07, 6.45) is -13.7. The minimum Gasteiger partial charge on any atom is -0.756 e. The molecule has 214 valence electrons. The van der Waals surface area contributed by atoms with Crippen molar-refractivity contribution in [3.63, 3.8) is 0 Å².